The average molecular weight is 318 g/mol. The zero-order valence-corrected chi connectivity index (χ0v) is 14.6. The van der Waals surface area contributed by atoms with Crippen LogP contribution >= 0.6 is 0 Å². The molecule has 1 rings (SSSR count). The number of nitrogens with zero attached hydrogens (tertiary/aromatic N) is 2. The lowest BCUT2D eigenvalue weighted by molar-refractivity contribution is 0.0953. The molecule has 128 valence electrons. The summed E-state index contributed by atoms with van der Waals surface area (Å²) in [5.74, 6) is 0.914. The predicted octanol–water partition coefficient (Wildman–Crippen LogP) is 2.50. The lowest BCUT2D eigenvalue weighted by atomic mass is 10.2. The molecular weight excluding hydrogens is 288 g/mol. The molecular formula is C18H30N4O. The first-order valence-electron chi connectivity index (χ1n) is 8.51. The van der Waals surface area contributed by atoms with E-state index in [9.17, 15) is 4.79 Å². The van der Waals surface area contributed by atoms with Gasteiger partial charge < -0.3 is 15.5 Å². The molecule has 5 nitrogen and oxygen atoms in total. The lowest BCUT2D eigenvalue weighted by Gasteiger charge is -2.21. The first kappa shape index (κ1) is 19.0. The number of nitrogens with one attached hydrogen (secondary N) is 2. The number of amides is 1. The van der Waals surface area contributed by atoms with E-state index in [0.29, 0.717) is 18.7 Å². The number of unbranched alkanes of at least 4 members (excludes halogenated alkanes) is 1. The quantitative estimate of drug-likeness (QED) is 0.418. The molecule has 0 aliphatic rings. The molecule has 0 bridgehead atoms. The molecule has 0 aromatic heterocycles. The fourth-order valence-corrected chi connectivity index (χ4v) is 2.13. The summed E-state index contributed by atoms with van der Waals surface area (Å²) in [5, 5.41) is 6.23. The van der Waals surface area contributed by atoms with E-state index in [1.807, 2.05) is 30.3 Å². The Morgan fingerprint density at radius 2 is 1.87 bits per heavy atom. The molecule has 2 N–H and O–H groups in total. The Bertz CT molecular complexity index is 473. The first-order valence-corrected chi connectivity index (χ1v) is 8.51. The van der Waals surface area contributed by atoms with E-state index in [1.54, 1.807) is 0 Å². The number of hydrogen-bond donors (Lipinski definition) is 2. The van der Waals surface area contributed by atoms with Crippen LogP contribution in [-0.2, 0) is 0 Å². The second kappa shape index (κ2) is 11.5. The van der Waals surface area contributed by atoms with E-state index in [1.165, 1.54) is 6.42 Å². The Morgan fingerprint density at radius 3 is 2.52 bits per heavy atom. The number of benzene rings is 1. The molecule has 0 aliphatic heterocycles. The molecule has 23 heavy (non-hydrogen) atoms. The number of aliphatic imine (C=N–C) groups is 1. The molecule has 0 atom stereocenters. The molecule has 0 unspecified atom stereocenters. The smallest absolute Gasteiger partial charge is 0.251 e. The normalized spacial score (nSPS) is 11.2. The Kier molecular flexibility index (Phi) is 9.52. The van der Waals surface area contributed by atoms with E-state index in [2.05, 4.69) is 41.4 Å². The SMILES string of the molecule is CCCCN(C)C(=NCCCNC(=O)c1ccccc1)NCC. The summed E-state index contributed by atoms with van der Waals surface area (Å²) in [4.78, 5) is 18.7. The number of carbonyl (C=O) groups is 1. The third-order valence-electron chi connectivity index (χ3n) is 3.46. The van der Waals surface area contributed by atoms with Gasteiger partial charge in [-0.05, 0) is 31.9 Å². The molecule has 0 spiro atoms. The van der Waals surface area contributed by atoms with Crippen LogP contribution < -0.4 is 10.6 Å². The summed E-state index contributed by atoms with van der Waals surface area (Å²) in [6.45, 7) is 7.47. The van der Waals surface area contributed by atoms with Gasteiger partial charge in [-0.2, -0.15) is 0 Å². The van der Waals surface area contributed by atoms with E-state index in [-0.39, 0.29) is 5.91 Å². The van der Waals surface area contributed by atoms with Crippen LogP contribution in [0.1, 0.15) is 43.5 Å². The van der Waals surface area contributed by atoms with Crippen molar-refractivity contribution in [1.82, 2.24) is 15.5 Å². The third-order valence-corrected chi connectivity index (χ3v) is 3.46. The molecule has 1 aromatic carbocycles. The van der Waals surface area contributed by atoms with E-state index in [0.717, 1.165) is 31.9 Å². The van der Waals surface area contributed by atoms with Crippen molar-refractivity contribution < 1.29 is 4.79 Å². The molecule has 1 aromatic rings. The number of rotatable bonds is 9. The maximum atomic E-state index is 11.9. The molecule has 5 heteroatoms. The van der Waals surface area contributed by atoms with Crippen LogP contribution in [0.25, 0.3) is 0 Å². The summed E-state index contributed by atoms with van der Waals surface area (Å²) >= 11 is 0. The predicted molar refractivity (Wildman–Crippen MR) is 96.9 cm³/mol. The topological polar surface area (TPSA) is 56.7 Å². The summed E-state index contributed by atoms with van der Waals surface area (Å²) < 4.78 is 0. The third kappa shape index (κ3) is 7.68. The Labute approximate surface area is 140 Å². The lowest BCUT2D eigenvalue weighted by Crippen LogP contribution is -2.39. The maximum absolute atomic E-state index is 11.9. The van der Waals surface area contributed by atoms with E-state index < -0.39 is 0 Å². The van der Waals surface area contributed by atoms with Crippen LogP contribution in [0, 0.1) is 0 Å². The second-order valence-corrected chi connectivity index (χ2v) is 5.49. The van der Waals surface area contributed by atoms with Gasteiger partial charge in [-0.3, -0.25) is 9.79 Å². The molecule has 1 amide bonds. The minimum Gasteiger partial charge on any atom is -0.357 e. The standard InChI is InChI=1S/C18H30N4O/c1-4-6-15-22(3)18(19-5-2)21-14-10-13-20-17(23)16-11-8-7-9-12-16/h7-9,11-12H,4-6,10,13-15H2,1-3H3,(H,19,21)(H,20,23). The maximum Gasteiger partial charge on any atom is 0.251 e. The number of guanidine groups is 1. The highest BCUT2D eigenvalue weighted by Crippen LogP contribution is 1.98. The van der Waals surface area contributed by atoms with Crippen molar-refractivity contribution in [3.8, 4) is 0 Å². The van der Waals surface area contributed by atoms with Gasteiger partial charge in [-0.15, -0.1) is 0 Å². The fraction of sp³-hybridized carbons (Fsp3) is 0.556. The van der Waals surface area contributed by atoms with Crippen molar-refractivity contribution in [3.05, 3.63) is 35.9 Å². The van der Waals surface area contributed by atoms with E-state index >= 15 is 0 Å². The van der Waals surface area contributed by atoms with Crippen molar-refractivity contribution in [2.24, 2.45) is 4.99 Å². The monoisotopic (exact) mass is 318 g/mol. The molecule has 0 radical (unpaired) electrons. The van der Waals surface area contributed by atoms with Gasteiger partial charge >= 0.3 is 0 Å². The zero-order valence-electron chi connectivity index (χ0n) is 14.6. The summed E-state index contributed by atoms with van der Waals surface area (Å²) in [7, 11) is 2.06. The molecule has 0 aliphatic carbocycles. The average Bonchev–Trinajstić information content (AvgIpc) is 2.59. The zero-order chi connectivity index (χ0) is 16.9. The highest BCUT2D eigenvalue weighted by molar-refractivity contribution is 5.94. The summed E-state index contributed by atoms with van der Waals surface area (Å²) in [6.07, 6.45) is 3.17. The first-order chi connectivity index (χ1) is 11.2. The van der Waals surface area contributed by atoms with Gasteiger partial charge in [0.25, 0.3) is 5.91 Å². The van der Waals surface area contributed by atoms with Crippen molar-refractivity contribution in [3.63, 3.8) is 0 Å². The van der Waals surface area contributed by atoms with Gasteiger partial charge in [-0.1, -0.05) is 31.5 Å². The Balaban J connectivity index is 2.33. The molecule has 0 fully saturated rings. The highest BCUT2D eigenvalue weighted by atomic mass is 16.1. The van der Waals surface area contributed by atoms with Crippen molar-refractivity contribution in [1.29, 1.82) is 0 Å². The summed E-state index contributed by atoms with van der Waals surface area (Å²) in [6, 6.07) is 9.28. The summed E-state index contributed by atoms with van der Waals surface area (Å²) in [5.41, 5.74) is 0.698. The second-order valence-electron chi connectivity index (χ2n) is 5.49. The van der Waals surface area contributed by atoms with Crippen molar-refractivity contribution >= 4 is 11.9 Å². The molecule has 0 saturated carbocycles. The Morgan fingerprint density at radius 1 is 1.13 bits per heavy atom. The van der Waals surface area contributed by atoms with E-state index in [4.69, 9.17) is 0 Å². The van der Waals surface area contributed by atoms with Crippen LogP contribution in [0.4, 0.5) is 0 Å². The van der Waals surface area contributed by atoms with Gasteiger partial charge in [-0.25, -0.2) is 0 Å². The minimum absolute atomic E-state index is 0.0263. The highest BCUT2D eigenvalue weighted by Gasteiger charge is 2.05. The molecule has 0 heterocycles. The van der Waals surface area contributed by atoms with Crippen LogP contribution in [0.15, 0.2) is 35.3 Å². The minimum atomic E-state index is -0.0263. The Hall–Kier alpha value is -2.04. The van der Waals surface area contributed by atoms with Gasteiger partial charge in [0.1, 0.15) is 0 Å². The number of carbonyl (C=O) groups excluding carboxylic acids is 1. The van der Waals surface area contributed by atoms with Crippen molar-refractivity contribution in [2.75, 3.05) is 33.2 Å². The van der Waals surface area contributed by atoms with Crippen molar-refractivity contribution in [2.45, 2.75) is 33.1 Å². The van der Waals surface area contributed by atoms with Crippen LogP contribution in [0.2, 0.25) is 0 Å². The van der Waals surface area contributed by atoms with Gasteiger partial charge in [0.15, 0.2) is 5.96 Å². The largest absolute Gasteiger partial charge is 0.357 e. The fourth-order valence-electron chi connectivity index (χ4n) is 2.13. The number of hydrogen-bond acceptors (Lipinski definition) is 2. The van der Waals surface area contributed by atoms with Gasteiger partial charge in [0, 0.05) is 38.8 Å². The van der Waals surface area contributed by atoms with Gasteiger partial charge in [0.05, 0.1) is 0 Å². The van der Waals surface area contributed by atoms with Crippen LogP contribution in [0.3, 0.4) is 0 Å². The molecule has 0 saturated heterocycles. The van der Waals surface area contributed by atoms with Crippen LogP contribution in [0.5, 0.6) is 0 Å². The van der Waals surface area contributed by atoms with Crippen LogP contribution in [-0.4, -0.2) is 50.0 Å². The van der Waals surface area contributed by atoms with Gasteiger partial charge in [0.2, 0.25) is 0 Å².